The van der Waals surface area contributed by atoms with Gasteiger partial charge in [0.2, 0.25) is 5.82 Å². The molecule has 3 rings (SSSR count). The molecular weight excluding hydrogens is 299 g/mol. The Bertz CT molecular complexity index is 570. The van der Waals surface area contributed by atoms with Crippen LogP contribution in [0.4, 0.5) is 10.1 Å². The van der Waals surface area contributed by atoms with E-state index in [1.54, 1.807) is 0 Å². The monoisotopic (exact) mass is 314 g/mol. The summed E-state index contributed by atoms with van der Waals surface area (Å²) in [5.74, 6) is -0.844. The zero-order valence-corrected chi connectivity index (χ0v) is 12.3. The first kappa shape index (κ1) is 14.5. The summed E-state index contributed by atoms with van der Waals surface area (Å²) < 4.78 is 19.6. The average molecular weight is 315 g/mol. The Morgan fingerprint density at radius 3 is 2.57 bits per heavy atom. The van der Waals surface area contributed by atoms with Crippen molar-refractivity contribution in [2.24, 2.45) is 0 Å². The number of halogens is 2. The van der Waals surface area contributed by atoms with Crippen molar-refractivity contribution in [3.05, 3.63) is 33.1 Å². The molecule has 0 aromatic heterocycles. The molecule has 3 atom stereocenters. The summed E-state index contributed by atoms with van der Waals surface area (Å²) in [6, 6.07) is 3.47. The molecule has 0 saturated carbocycles. The number of hydrogen-bond acceptors (Lipinski definition) is 4. The van der Waals surface area contributed by atoms with Gasteiger partial charge in [-0.3, -0.25) is 10.1 Å². The molecule has 7 heteroatoms. The van der Waals surface area contributed by atoms with Crippen LogP contribution in [0.1, 0.15) is 25.7 Å². The van der Waals surface area contributed by atoms with E-state index in [9.17, 15) is 14.5 Å². The van der Waals surface area contributed by atoms with Crippen molar-refractivity contribution in [3.63, 3.8) is 0 Å². The summed E-state index contributed by atoms with van der Waals surface area (Å²) >= 11 is 5.86. The largest absolute Gasteiger partial charge is 0.489 e. The van der Waals surface area contributed by atoms with Crippen LogP contribution in [-0.2, 0) is 0 Å². The lowest BCUT2D eigenvalue weighted by Crippen LogP contribution is -2.43. The molecule has 0 radical (unpaired) electrons. The molecule has 0 spiro atoms. The number of nitro groups is 1. The van der Waals surface area contributed by atoms with Crippen LogP contribution in [0.5, 0.6) is 5.75 Å². The predicted molar refractivity (Wildman–Crippen MR) is 76.3 cm³/mol. The highest BCUT2D eigenvalue weighted by atomic mass is 35.5. The minimum Gasteiger partial charge on any atom is -0.489 e. The van der Waals surface area contributed by atoms with E-state index in [4.69, 9.17) is 16.3 Å². The third-order valence-corrected chi connectivity index (χ3v) is 4.92. The van der Waals surface area contributed by atoms with Crippen LogP contribution in [0.25, 0.3) is 0 Å². The van der Waals surface area contributed by atoms with Gasteiger partial charge >= 0.3 is 5.69 Å². The molecule has 2 fully saturated rings. The molecule has 5 nitrogen and oxygen atoms in total. The van der Waals surface area contributed by atoms with Crippen molar-refractivity contribution in [1.29, 1.82) is 0 Å². The van der Waals surface area contributed by atoms with E-state index in [-0.39, 0.29) is 16.9 Å². The minimum absolute atomic E-state index is 0.0166. The lowest BCUT2D eigenvalue weighted by molar-refractivity contribution is -0.387. The topological polar surface area (TPSA) is 55.6 Å². The van der Waals surface area contributed by atoms with E-state index >= 15 is 0 Å². The van der Waals surface area contributed by atoms with Gasteiger partial charge in [-0.25, -0.2) is 0 Å². The van der Waals surface area contributed by atoms with Gasteiger partial charge in [0, 0.05) is 18.2 Å². The molecule has 0 aliphatic carbocycles. The Morgan fingerprint density at radius 1 is 1.38 bits per heavy atom. The second-order valence-corrected chi connectivity index (χ2v) is 6.11. The van der Waals surface area contributed by atoms with E-state index in [0.717, 1.165) is 31.7 Å². The number of benzene rings is 1. The minimum atomic E-state index is -1.03. The molecule has 2 heterocycles. The number of fused-ring (bicyclic) bond motifs is 2. The second kappa shape index (κ2) is 5.42. The van der Waals surface area contributed by atoms with E-state index in [1.807, 2.05) is 0 Å². The van der Waals surface area contributed by atoms with Crippen molar-refractivity contribution >= 4 is 17.3 Å². The smallest absolute Gasteiger partial charge is 0.306 e. The van der Waals surface area contributed by atoms with E-state index < -0.39 is 16.4 Å². The summed E-state index contributed by atoms with van der Waals surface area (Å²) in [7, 11) is 2.12. The third-order valence-electron chi connectivity index (χ3n) is 4.57. The molecule has 114 valence electrons. The predicted octanol–water partition coefficient (Wildman–Crippen LogP) is 3.39. The summed E-state index contributed by atoms with van der Waals surface area (Å²) in [5.41, 5.74) is -0.629. The SMILES string of the molecule is CN1[C@@H]2CC[C@H]1CC(Oc1ccc([N+](=O)[O-])c(F)c1Cl)C2. The first-order valence-corrected chi connectivity index (χ1v) is 7.36. The number of nitrogens with zero attached hydrogens (tertiary/aromatic N) is 2. The van der Waals surface area contributed by atoms with Crippen molar-refractivity contribution in [1.82, 2.24) is 4.90 Å². The maximum Gasteiger partial charge on any atom is 0.306 e. The summed E-state index contributed by atoms with van der Waals surface area (Å²) in [6.45, 7) is 0. The molecule has 1 aromatic rings. The molecule has 0 N–H and O–H groups in total. The van der Waals surface area contributed by atoms with Crippen LogP contribution in [-0.4, -0.2) is 35.1 Å². The van der Waals surface area contributed by atoms with Crippen molar-refractivity contribution < 1.29 is 14.1 Å². The quantitative estimate of drug-likeness (QED) is 0.634. The zero-order chi connectivity index (χ0) is 15.1. The molecule has 2 saturated heterocycles. The standard InChI is InChI=1S/C14H16ClFN2O3/c1-17-8-2-3-9(17)7-10(6-8)21-12-5-4-11(18(19)20)14(16)13(12)15/h4-5,8-10H,2-3,6-7H2,1H3/t8-,9+,10?. The first-order chi connectivity index (χ1) is 9.97. The average Bonchev–Trinajstić information content (AvgIpc) is 2.66. The van der Waals surface area contributed by atoms with E-state index in [0.29, 0.717) is 12.1 Å². The highest BCUT2D eigenvalue weighted by Gasteiger charge is 2.39. The fourth-order valence-corrected chi connectivity index (χ4v) is 3.60. The first-order valence-electron chi connectivity index (χ1n) is 6.98. The fourth-order valence-electron chi connectivity index (χ4n) is 3.39. The van der Waals surface area contributed by atoms with Crippen LogP contribution in [0.2, 0.25) is 5.02 Å². The number of rotatable bonds is 3. The Labute approximate surface area is 126 Å². The van der Waals surface area contributed by atoms with E-state index in [1.165, 1.54) is 6.07 Å². The fraction of sp³-hybridized carbons (Fsp3) is 0.571. The summed E-state index contributed by atoms with van der Waals surface area (Å²) in [4.78, 5) is 12.2. The third kappa shape index (κ3) is 2.58. The Balaban J connectivity index is 1.77. The molecule has 1 aromatic carbocycles. The molecule has 2 bridgehead atoms. The van der Waals surface area contributed by atoms with Crippen LogP contribution in [0.3, 0.4) is 0 Å². The number of piperidine rings is 1. The highest BCUT2D eigenvalue weighted by Crippen LogP contribution is 2.39. The lowest BCUT2D eigenvalue weighted by atomic mass is 10.0. The zero-order valence-electron chi connectivity index (χ0n) is 11.6. The summed E-state index contributed by atoms with van der Waals surface area (Å²) in [5, 5.41) is 10.4. The number of hydrogen-bond donors (Lipinski definition) is 0. The molecule has 21 heavy (non-hydrogen) atoms. The molecular formula is C14H16ClFN2O3. The van der Waals surface area contributed by atoms with Gasteiger partial charge in [0.15, 0.2) is 0 Å². The Morgan fingerprint density at radius 2 is 2.00 bits per heavy atom. The van der Waals surface area contributed by atoms with Gasteiger partial charge in [-0.1, -0.05) is 11.6 Å². The highest BCUT2D eigenvalue weighted by molar-refractivity contribution is 6.32. The van der Waals surface area contributed by atoms with Gasteiger partial charge in [-0.2, -0.15) is 4.39 Å². The molecule has 1 unspecified atom stereocenters. The van der Waals surface area contributed by atoms with Gasteiger partial charge < -0.3 is 9.64 Å². The molecule has 2 aliphatic heterocycles. The van der Waals surface area contributed by atoms with Crippen LogP contribution in [0.15, 0.2) is 12.1 Å². The molecule has 0 amide bonds. The van der Waals surface area contributed by atoms with Gasteiger partial charge in [-0.15, -0.1) is 0 Å². The van der Waals surface area contributed by atoms with Crippen LogP contribution < -0.4 is 4.74 Å². The normalized spacial score (nSPS) is 28.6. The van der Waals surface area contributed by atoms with Gasteiger partial charge in [0.1, 0.15) is 16.9 Å². The van der Waals surface area contributed by atoms with Gasteiger partial charge in [-0.05, 0) is 38.8 Å². The van der Waals surface area contributed by atoms with Crippen LogP contribution >= 0.6 is 11.6 Å². The van der Waals surface area contributed by atoms with Crippen LogP contribution in [0, 0.1) is 15.9 Å². The van der Waals surface area contributed by atoms with Gasteiger partial charge in [0.05, 0.1) is 4.92 Å². The second-order valence-electron chi connectivity index (χ2n) is 5.73. The summed E-state index contributed by atoms with van der Waals surface area (Å²) in [6.07, 6.45) is 4.05. The lowest BCUT2D eigenvalue weighted by Gasteiger charge is -2.36. The van der Waals surface area contributed by atoms with Crippen molar-refractivity contribution in [2.45, 2.75) is 43.9 Å². The number of nitro benzene ring substituents is 1. The maximum atomic E-state index is 13.8. The Hall–Kier alpha value is -1.40. The Kier molecular flexibility index (Phi) is 3.75. The van der Waals surface area contributed by atoms with Crippen molar-refractivity contribution in [3.8, 4) is 5.75 Å². The maximum absolute atomic E-state index is 13.8. The number of ether oxygens (including phenoxy) is 1. The van der Waals surface area contributed by atoms with Crippen molar-refractivity contribution in [2.75, 3.05) is 7.05 Å². The molecule has 2 aliphatic rings. The van der Waals surface area contributed by atoms with E-state index in [2.05, 4.69) is 11.9 Å². The van der Waals surface area contributed by atoms with Gasteiger partial charge in [0.25, 0.3) is 0 Å².